The summed E-state index contributed by atoms with van der Waals surface area (Å²) in [6.45, 7) is 2.57. The molecule has 1 fully saturated rings. The maximum Gasteiger partial charge on any atom is 0.481 e. The Labute approximate surface area is 368 Å². The summed E-state index contributed by atoms with van der Waals surface area (Å²) >= 11 is 0.993. The van der Waals surface area contributed by atoms with Crippen molar-refractivity contribution in [2.45, 2.75) is 128 Å². The van der Waals surface area contributed by atoms with Gasteiger partial charge in [0.15, 0.2) is 22.8 Å². The number of nitrogens with one attached hydrogen (secondary N) is 2. The number of aliphatic hydroxyl groups is 3. The topological polar surface area (TPSA) is 384 Å². The summed E-state index contributed by atoms with van der Waals surface area (Å²) in [7, 11) is -16.4. The number of phosphoric acid groups is 3. The van der Waals surface area contributed by atoms with Crippen molar-refractivity contribution in [2.24, 2.45) is 5.41 Å². The number of ether oxygens (including phenoxy) is 1. The van der Waals surface area contributed by atoms with Crippen molar-refractivity contribution in [1.29, 1.82) is 0 Å². The fourth-order valence-electron chi connectivity index (χ4n) is 6.16. The Bertz CT molecular complexity index is 1940. The molecule has 1 saturated heterocycles. The minimum absolute atomic E-state index is 0.0248. The first kappa shape index (κ1) is 54.9. The third-order valence-corrected chi connectivity index (χ3v) is 13.6. The van der Waals surface area contributed by atoms with E-state index in [1.54, 1.807) is 0 Å². The number of hydrogen-bond acceptors (Lipinski definition) is 19. The lowest BCUT2D eigenvalue weighted by Crippen LogP contribution is -2.46. The number of aliphatic hydroxyl groups excluding tert-OH is 3. The molecule has 63 heavy (non-hydrogen) atoms. The van der Waals surface area contributed by atoms with Crippen molar-refractivity contribution in [2.75, 3.05) is 37.8 Å². The maximum atomic E-state index is 12.7. The number of anilines is 1. The second kappa shape index (κ2) is 25.4. The van der Waals surface area contributed by atoms with Crippen LogP contribution in [0.2, 0.25) is 0 Å². The molecule has 3 unspecified atom stereocenters. The number of nitrogens with zero attached hydrogens (tertiary/aromatic N) is 4. The van der Waals surface area contributed by atoms with Gasteiger partial charge in [-0.15, -0.1) is 0 Å². The van der Waals surface area contributed by atoms with Crippen molar-refractivity contribution in [3.63, 3.8) is 0 Å². The third kappa shape index (κ3) is 19.1. The quantitative estimate of drug-likeness (QED) is 0.0395. The molecule has 2 aromatic rings. The van der Waals surface area contributed by atoms with Gasteiger partial charge < -0.3 is 56.0 Å². The van der Waals surface area contributed by atoms with Gasteiger partial charge in [-0.05, 0) is 6.42 Å². The van der Waals surface area contributed by atoms with E-state index < -0.39 is 90.7 Å². The smallest absolute Gasteiger partial charge is 0.393 e. The van der Waals surface area contributed by atoms with Gasteiger partial charge in [-0.2, -0.15) is 4.31 Å². The lowest BCUT2D eigenvalue weighted by atomic mass is 9.87. The van der Waals surface area contributed by atoms with Crippen LogP contribution in [0.1, 0.15) is 97.6 Å². The zero-order chi connectivity index (χ0) is 47.0. The van der Waals surface area contributed by atoms with Gasteiger partial charge in [0, 0.05) is 37.1 Å². The largest absolute Gasteiger partial charge is 0.481 e. The number of amides is 2. The second-order valence-corrected chi connectivity index (χ2v) is 20.8. The summed E-state index contributed by atoms with van der Waals surface area (Å²) < 4.78 is 62.3. The van der Waals surface area contributed by atoms with Crippen LogP contribution in [-0.2, 0) is 50.7 Å². The van der Waals surface area contributed by atoms with Crippen LogP contribution in [0.3, 0.4) is 0 Å². The van der Waals surface area contributed by atoms with Gasteiger partial charge >= 0.3 is 23.5 Å². The molecule has 0 spiro atoms. The molecule has 25 nitrogen and oxygen atoms in total. The molecule has 0 aromatic carbocycles. The number of carbonyl (C=O) groups excluding carboxylic acids is 3. The van der Waals surface area contributed by atoms with E-state index in [0.29, 0.717) is 6.42 Å². The zero-order valence-corrected chi connectivity index (χ0v) is 38.7. The van der Waals surface area contributed by atoms with E-state index in [4.69, 9.17) is 19.5 Å². The monoisotopic (exact) mass is 979 g/mol. The number of imidazole rings is 1. The van der Waals surface area contributed by atoms with E-state index in [0.717, 1.165) is 48.2 Å². The zero-order valence-electron chi connectivity index (χ0n) is 35.2. The first-order valence-electron chi connectivity index (χ1n) is 20.2. The number of rotatable bonds is 30. The van der Waals surface area contributed by atoms with Crippen molar-refractivity contribution in [3.8, 4) is 0 Å². The predicted molar refractivity (Wildman–Crippen MR) is 225 cm³/mol. The Morgan fingerprint density at radius 2 is 1.60 bits per heavy atom. The summed E-state index contributed by atoms with van der Waals surface area (Å²) in [6, 6.07) is 0. The molecule has 3 heterocycles. The molecule has 0 bridgehead atoms. The lowest BCUT2D eigenvalue weighted by Gasteiger charge is -2.30. The van der Waals surface area contributed by atoms with Gasteiger partial charge in [-0.3, -0.25) is 32.5 Å². The number of phosphoric ester groups is 3. The van der Waals surface area contributed by atoms with Crippen LogP contribution in [0.4, 0.5) is 5.82 Å². The summed E-state index contributed by atoms with van der Waals surface area (Å²) in [4.78, 5) is 88.1. The van der Waals surface area contributed by atoms with Crippen LogP contribution >= 0.6 is 35.2 Å². The van der Waals surface area contributed by atoms with Crippen LogP contribution in [0, 0.1) is 5.41 Å². The highest BCUT2D eigenvalue weighted by atomic mass is 32.2. The molecule has 0 radical (unpaired) electrons. The number of carbonyl (C=O) groups is 3. The molecule has 2 aromatic heterocycles. The van der Waals surface area contributed by atoms with Crippen LogP contribution in [0.5, 0.6) is 0 Å². The highest BCUT2D eigenvalue weighted by Gasteiger charge is 2.50. The normalized spacial score (nSPS) is 21.1. The molecule has 1 aliphatic heterocycles. The van der Waals surface area contributed by atoms with E-state index >= 15 is 0 Å². The molecule has 11 N–H and O–H groups in total. The van der Waals surface area contributed by atoms with Crippen LogP contribution in [0.15, 0.2) is 12.7 Å². The molecular weight excluding hydrogens is 919 g/mol. The van der Waals surface area contributed by atoms with Gasteiger partial charge in [-0.1, -0.05) is 83.9 Å². The number of aromatic nitrogens is 4. The number of nitrogens with two attached hydrogens (primary N) is 1. The minimum atomic E-state index is -5.58. The summed E-state index contributed by atoms with van der Waals surface area (Å²) in [5.41, 5.74) is 4.25. The Kier molecular flexibility index (Phi) is 22.1. The van der Waals surface area contributed by atoms with E-state index in [9.17, 15) is 63.0 Å². The number of nitrogen functional groups attached to an aromatic ring is 1. The Morgan fingerprint density at radius 1 is 0.952 bits per heavy atom. The van der Waals surface area contributed by atoms with Crippen LogP contribution < -0.4 is 16.4 Å². The van der Waals surface area contributed by atoms with Crippen molar-refractivity contribution >= 4 is 69.1 Å². The molecule has 0 aliphatic carbocycles. The van der Waals surface area contributed by atoms with Gasteiger partial charge in [-0.25, -0.2) is 28.6 Å². The second-order valence-electron chi connectivity index (χ2n) is 15.4. The number of thioether (sulfide) groups is 1. The van der Waals surface area contributed by atoms with Crippen LogP contribution in [-0.4, -0.2) is 134 Å². The van der Waals surface area contributed by atoms with E-state index in [-0.39, 0.29) is 53.8 Å². The SMILES string of the molecule is CCCCCCCCCCC(O)CC(=O)SCCNC(=O)CCNC(=O)[C@H](O)C(C)(C)COP(=O)(O)OP(=O)(O)OC[C@H]1O[C@@H](n2cnc3c(N)ncnc32)[C@H](O)[C@@H]1OP(=O)(O)O. The Balaban J connectivity index is 1.38. The summed E-state index contributed by atoms with van der Waals surface area (Å²) in [5.74, 6) is -1.22. The fourth-order valence-corrected chi connectivity index (χ4v) is 9.73. The molecule has 8 atom stereocenters. The average molecular weight is 980 g/mol. The Hall–Kier alpha value is -2.48. The first-order valence-corrected chi connectivity index (χ1v) is 25.7. The molecule has 1 aliphatic rings. The number of fused-ring (bicyclic) bond motifs is 1. The molecule has 360 valence electrons. The molecule has 3 rings (SSSR count). The van der Waals surface area contributed by atoms with Crippen molar-refractivity contribution < 1.29 is 85.6 Å². The first-order chi connectivity index (χ1) is 29.4. The maximum absolute atomic E-state index is 12.7. The molecule has 29 heteroatoms. The van der Waals surface area contributed by atoms with Crippen LogP contribution in [0.25, 0.3) is 11.2 Å². The summed E-state index contributed by atoms with van der Waals surface area (Å²) in [5, 5.41) is 36.4. The van der Waals surface area contributed by atoms with E-state index in [1.807, 2.05) is 0 Å². The average Bonchev–Trinajstić information content (AvgIpc) is 3.75. The predicted octanol–water partition coefficient (Wildman–Crippen LogP) is 1.95. The molecule has 0 saturated carbocycles. The molecule has 2 amide bonds. The van der Waals surface area contributed by atoms with Crippen molar-refractivity contribution in [3.05, 3.63) is 12.7 Å². The van der Waals surface area contributed by atoms with Crippen molar-refractivity contribution in [1.82, 2.24) is 30.2 Å². The van der Waals surface area contributed by atoms with Gasteiger partial charge in [0.05, 0.1) is 25.6 Å². The lowest BCUT2D eigenvalue weighted by molar-refractivity contribution is -0.137. The number of hydrogen-bond donors (Lipinski definition) is 10. The van der Waals surface area contributed by atoms with Gasteiger partial charge in [0.1, 0.15) is 36.3 Å². The highest BCUT2D eigenvalue weighted by Crippen LogP contribution is 2.61. The van der Waals surface area contributed by atoms with Gasteiger partial charge in [0.25, 0.3) is 0 Å². The third-order valence-electron chi connectivity index (χ3n) is 9.56. The van der Waals surface area contributed by atoms with Gasteiger partial charge in [0.2, 0.25) is 11.8 Å². The minimum Gasteiger partial charge on any atom is -0.393 e. The van der Waals surface area contributed by atoms with E-state index in [2.05, 4.69) is 41.3 Å². The standard InChI is InChI=1S/C34H60N7O18P3S/c1-4-5-6-7-8-9-10-11-12-22(42)17-25(44)63-16-15-36-24(43)13-14-37-32(47)29(46)34(2,3)19-56-62(53,54)59-61(51,52)55-18-23-28(58-60(48,49)50)27(45)33(57-23)41-21-40-26-30(35)38-20-39-31(26)41/h20-23,27-29,33,42,45-46H,4-19H2,1-3H3,(H,36,43)(H,37,47)(H,51,52)(H,53,54)(H2,35,38,39)(H2,48,49,50)/t22?,23-,27-,28-,29+,33-/m1/s1. The highest BCUT2D eigenvalue weighted by molar-refractivity contribution is 8.13. The van der Waals surface area contributed by atoms with E-state index in [1.165, 1.54) is 46.0 Å². The summed E-state index contributed by atoms with van der Waals surface area (Å²) in [6.07, 6.45) is 1.97. The Morgan fingerprint density at radius 3 is 2.27 bits per heavy atom. The number of unbranched alkanes of at least 4 members (excludes halogenated alkanes) is 7. The molecular formula is C34H60N7O18P3S. The fraction of sp³-hybridized carbons (Fsp3) is 0.765.